The summed E-state index contributed by atoms with van der Waals surface area (Å²) in [6.07, 6.45) is -1.51. The van der Waals surface area contributed by atoms with Crippen molar-refractivity contribution in [1.82, 2.24) is 9.97 Å². The molecule has 87 valence electrons. The van der Waals surface area contributed by atoms with Crippen molar-refractivity contribution in [3.05, 3.63) is 47.5 Å². The Morgan fingerprint density at radius 3 is 2.35 bits per heavy atom. The van der Waals surface area contributed by atoms with Gasteiger partial charge in [0, 0.05) is 16.8 Å². The van der Waals surface area contributed by atoms with E-state index in [0.29, 0.717) is 10.6 Å². The molecule has 1 aromatic carbocycles. The van der Waals surface area contributed by atoms with Crippen LogP contribution in [-0.2, 0) is 6.18 Å². The molecule has 0 aliphatic carbocycles. The second-order valence-electron chi connectivity index (χ2n) is 3.24. The second kappa shape index (κ2) is 4.33. The molecule has 1 radical (unpaired) electrons. The summed E-state index contributed by atoms with van der Waals surface area (Å²) < 4.78 is 38.0. The fraction of sp³-hybridized carbons (Fsp3) is 0.0909. The van der Waals surface area contributed by atoms with Crippen molar-refractivity contribution in [3.63, 3.8) is 0 Å². The lowest BCUT2D eigenvalue weighted by Crippen LogP contribution is -2.10. The van der Waals surface area contributed by atoms with E-state index in [4.69, 9.17) is 11.6 Å². The Morgan fingerprint density at radius 2 is 1.76 bits per heavy atom. The van der Waals surface area contributed by atoms with Gasteiger partial charge in [-0.2, -0.15) is 13.2 Å². The van der Waals surface area contributed by atoms with Crippen molar-refractivity contribution in [1.29, 1.82) is 0 Å². The Kier molecular flexibility index (Phi) is 3.02. The summed E-state index contributed by atoms with van der Waals surface area (Å²) in [5.41, 5.74) is -0.738. The van der Waals surface area contributed by atoms with Crippen molar-refractivity contribution in [2.45, 2.75) is 6.18 Å². The van der Waals surface area contributed by atoms with Crippen LogP contribution in [0.3, 0.4) is 0 Å². The van der Waals surface area contributed by atoms with Gasteiger partial charge in [0.2, 0.25) is 0 Å². The molecule has 0 unspecified atom stereocenters. The second-order valence-corrected chi connectivity index (χ2v) is 3.67. The highest BCUT2D eigenvalue weighted by atomic mass is 35.5. The zero-order chi connectivity index (χ0) is 12.5. The summed E-state index contributed by atoms with van der Waals surface area (Å²) in [5, 5.41) is 0.450. The Morgan fingerprint density at radius 1 is 1.12 bits per heavy atom. The molecule has 6 heteroatoms. The zero-order valence-electron chi connectivity index (χ0n) is 8.29. The van der Waals surface area contributed by atoms with Gasteiger partial charge in [0.1, 0.15) is 0 Å². The number of aromatic nitrogens is 2. The summed E-state index contributed by atoms with van der Waals surface area (Å²) in [6, 6.07) is 5.98. The van der Waals surface area contributed by atoms with Crippen molar-refractivity contribution in [2.75, 3.05) is 0 Å². The van der Waals surface area contributed by atoms with Crippen LogP contribution in [0.1, 0.15) is 5.69 Å². The minimum absolute atomic E-state index is 0.0899. The molecule has 0 amide bonds. The van der Waals surface area contributed by atoms with E-state index in [9.17, 15) is 13.2 Å². The first-order chi connectivity index (χ1) is 7.98. The molecule has 17 heavy (non-hydrogen) atoms. The van der Waals surface area contributed by atoms with Gasteiger partial charge in [-0.05, 0) is 17.7 Å². The first-order valence-corrected chi connectivity index (χ1v) is 4.92. The maximum Gasteiger partial charge on any atom is 0.434 e. The Bertz CT molecular complexity index is 523. The molecule has 0 atom stereocenters. The molecule has 0 saturated heterocycles. The number of halogens is 4. The molecule has 0 saturated carbocycles. The Labute approximate surface area is 100 Å². The van der Waals surface area contributed by atoms with E-state index < -0.39 is 11.9 Å². The summed E-state index contributed by atoms with van der Waals surface area (Å²) in [4.78, 5) is 6.64. The minimum Gasteiger partial charge on any atom is -0.233 e. The number of rotatable bonds is 1. The fourth-order valence-corrected chi connectivity index (χ4v) is 1.48. The van der Waals surface area contributed by atoms with Gasteiger partial charge in [0.25, 0.3) is 0 Å². The average molecular weight is 258 g/mol. The van der Waals surface area contributed by atoms with Gasteiger partial charge >= 0.3 is 6.18 Å². The molecular weight excluding hydrogens is 253 g/mol. The van der Waals surface area contributed by atoms with Gasteiger partial charge in [-0.15, -0.1) is 0 Å². The van der Waals surface area contributed by atoms with Crippen LogP contribution in [0, 0.1) is 6.33 Å². The zero-order valence-corrected chi connectivity index (χ0v) is 9.05. The van der Waals surface area contributed by atoms with E-state index in [2.05, 4.69) is 9.97 Å². The summed E-state index contributed by atoms with van der Waals surface area (Å²) >= 11 is 5.67. The lowest BCUT2D eigenvalue weighted by molar-refractivity contribution is -0.140. The quantitative estimate of drug-likeness (QED) is 0.780. The molecular formula is C11H5ClF3N2. The van der Waals surface area contributed by atoms with Crippen LogP contribution in [0.15, 0.2) is 30.5 Å². The van der Waals surface area contributed by atoms with Crippen LogP contribution in [0.5, 0.6) is 0 Å². The molecule has 0 spiro atoms. The van der Waals surface area contributed by atoms with Crippen LogP contribution >= 0.6 is 11.6 Å². The van der Waals surface area contributed by atoms with Crippen molar-refractivity contribution in [2.24, 2.45) is 0 Å². The van der Waals surface area contributed by atoms with Gasteiger partial charge in [0.05, 0.1) is 0 Å². The van der Waals surface area contributed by atoms with Gasteiger partial charge in [0.15, 0.2) is 12.0 Å². The highest BCUT2D eigenvalue weighted by Gasteiger charge is 2.35. The van der Waals surface area contributed by atoms with Crippen molar-refractivity contribution >= 4 is 11.6 Å². The Balaban J connectivity index is 2.56. The number of nitrogens with zero attached hydrogens (tertiary/aromatic N) is 2. The molecule has 0 fully saturated rings. The van der Waals surface area contributed by atoms with Crippen molar-refractivity contribution in [3.8, 4) is 11.1 Å². The molecule has 2 rings (SSSR count). The number of benzene rings is 1. The van der Waals surface area contributed by atoms with Crippen LogP contribution in [0.2, 0.25) is 5.02 Å². The van der Waals surface area contributed by atoms with E-state index in [0.717, 1.165) is 6.20 Å². The summed E-state index contributed by atoms with van der Waals surface area (Å²) in [7, 11) is 0. The molecule has 0 N–H and O–H groups in total. The average Bonchev–Trinajstić information content (AvgIpc) is 2.29. The minimum atomic E-state index is -4.53. The van der Waals surface area contributed by atoms with Gasteiger partial charge in [-0.25, -0.2) is 9.97 Å². The van der Waals surface area contributed by atoms with E-state index in [1.54, 1.807) is 0 Å². The molecule has 2 nitrogen and oxygen atoms in total. The highest BCUT2D eigenvalue weighted by molar-refractivity contribution is 6.30. The maximum atomic E-state index is 12.7. The fourth-order valence-electron chi connectivity index (χ4n) is 1.35. The number of hydrogen-bond donors (Lipinski definition) is 0. The van der Waals surface area contributed by atoms with Gasteiger partial charge < -0.3 is 0 Å². The molecule has 0 aliphatic heterocycles. The predicted octanol–water partition coefficient (Wildman–Crippen LogP) is 3.62. The van der Waals surface area contributed by atoms with Gasteiger partial charge in [-0.3, -0.25) is 0 Å². The van der Waals surface area contributed by atoms with E-state index in [1.807, 2.05) is 6.33 Å². The highest BCUT2D eigenvalue weighted by Crippen LogP contribution is 2.34. The first-order valence-electron chi connectivity index (χ1n) is 4.54. The predicted molar refractivity (Wildman–Crippen MR) is 56.3 cm³/mol. The van der Waals surface area contributed by atoms with Crippen LogP contribution in [-0.4, -0.2) is 9.97 Å². The SMILES string of the molecule is FC(F)(F)c1n[c]ncc1-c1ccc(Cl)cc1. The third-order valence-corrected chi connectivity index (χ3v) is 2.34. The van der Waals surface area contributed by atoms with E-state index >= 15 is 0 Å². The number of hydrogen-bond acceptors (Lipinski definition) is 2. The molecule has 2 aromatic rings. The molecule has 0 bridgehead atoms. The van der Waals surface area contributed by atoms with Crippen LogP contribution in [0.4, 0.5) is 13.2 Å². The lowest BCUT2D eigenvalue weighted by atomic mass is 10.1. The first kappa shape index (κ1) is 11.9. The third kappa shape index (κ3) is 2.55. The molecule has 1 heterocycles. The monoisotopic (exact) mass is 257 g/mol. The van der Waals surface area contributed by atoms with Crippen LogP contribution < -0.4 is 0 Å². The molecule has 0 aliphatic rings. The third-order valence-electron chi connectivity index (χ3n) is 2.09. The summed E-state index contributed by atoms with van der Waals surface area (Å²) in [6.45, 7) is 0. The molecule has 1 aromatic heterocycles. The standard InChI is InChI=1S/C11H5ClF3N2/c12-8-3-1-7(2-4-8)9-5-16-6-17-10(9)11(13,14)15/h1-5H. The smallest absolute Gasteiger partial charge is 0.233 e. The van der Waals surface area contributed by atoms with Gasteiger partial charge in [-0.1, -0.05) is 23.7 Å². The van der Waals surface area contributed by atoms with E-state index in [1.165, 1.54) is 24.3 Å². The maximum absolute atomic E-state index is 12.7. The van der Waals surface area contributed by atoms with Crippen LogP contribution in [0.25, 0.3) is 11.1 Å². The van der Waals surface area contributed by atoms with Crippen molar-refractivity contribution < 1.29 is 13.2 Å². The number of alkyl halides is 3. The topological polar surface area (TPSA) is 25.8 Å². The Hall–Kier alpha value is -1.62. The normalized spacial score (nSPS) is 11.5. The largest absolute Gasteiger partial charge is 0.434 e. The van der Waals surface area contributed by atoms with E-state index in [-0.39, 0.29) is 5.56 Å². The lowest BCUT2D eigenvalue weighted by Gasteiger charge is -2.10. The summed E-state index contributed by atoms with van der Waals surface area (Å²) in [5.74, 6) is 0.